The fraction of sp³-hybridized carbons (Fsp3) is 0.889. The first-order chi connectivity index (χ1) is 5.86. The molecule has 1 rings (SSSR count). The molecule has 0 saturated carbocycles. The van der Waals surface area contributed by atoms with Gasteiger partial charge in [0.2, 0.25) is 6.29 Å². The van der Waals surface area contributed by atoms with E-state index in [0.717, 1.165) is 19.6 Å². The molecule has 0 amide bonds. The SMILES string of the molecule is CCCCN1CCOC([C]=O)C1. The normalized spacial score (nSPS) is 25.6. The molecule has 1 heterocycles. The Hall–Kier alpha value is -0.410. The van der Waals surface area contributed by atoms with Gasteiger partial charge in [-0.15, -0.1) is 0 Å². The van der Waals surface area contributed by atoms with Crippen LogP contribution < -0.4 is 0 Å². The number of hydrogen-bond donors (Lipinski definition) is 0. The smallest absolute Gasteiger partial charge is 0.231 e. The topological polar surface area (TPSA) is 29.5 Å². The molecule has 0 bridgehead atoms. The Labute approximate surface area is 73.7 Å². The van der Waals surface area contributed by atoms with Gasteiger partial charge < -0.3 is 4.74 Å². The predicted octanol–water partition coefficient (Wildman–Crippen LogP) is 0.597. The lowest BCUT2D eigenvalue weighted by molar-refractivity contribution is 0.00523. The van der Waals surface area contributed by atoms with E-state index in [-0.39, 0.29) is 6.10 Å². The highest BCUT2D eigenvalue weighted by molar-refractivity contribution is 5.57. The summed E-state index contributed by atoms with van der Waals surface area (Å²) < 4.78 is 5.17. The van der Waals surface area contributed by atoms with E-state index < -0.39 is 0 Å². The summed E-state index contributed by atoms with van der Waals surface area (Å²) in [6.45, 7) is 5.60. The monoisotopic (exact) mass is 170 g/mol. The summed E-state index contributed by atoms with van der Waals surface area (Å²) in [5.41, 5.74) is 0. The first kappa shape index (κ1) is 9.68. The quantitative estimate of drug-likeness (QED) is 0.618. The van der Waals surface area contributed by atoms with Crippen molar-refractivity contribution < 1.29 is 9.53 Å². The van der Waals surface area contributed by atoms with E-state index >= 15 is 0 Å². The van der Waals surface area contributed by atoms with Gasteiger partial charge in [-0.05, 0) is 13.0 Å². The van der Waals surface area contributed by atoms with Gasteiger partial charge in [-0.2, -0.15) is 0 Å². The third-order valence-electron chi connectivity index (χ3n) is 2.11. The lowest BCUT2D eigenvalue weighted by Gasteiger charge is -2.29. The largest absolute Gasteiger partial charge is 0.367 e. The minimum absolute atomic E-state index is 0.310. The van der Waals surface area contributed by atoms with Crippen LogP contribution in [0.25, 0.3) is 0 Å². The Kier molecular flexibility index (Phi) is 4.25. The van der Waals surface area contributed by atoms with Crippen LogP contribution in [0, 0.1) is 0 Å². The molecule has 3 nitrogen and oxygen atoms in total. The summed E-state index contributed by atoms with van der Waals surface area (Å²) in [6.07, 6.45) is 3.99. The summed E-state index contributed by atoms with van der Waals surface area (Å²) in [5.74, 6) is 0. The molecule has 1 saturated heterocycles. The van der Waals surface area contributed by atoms with Crippen LogP contribution in [0.5, 0.6) is 0 Å². The van der Waals surface area contributed by atoms with Gasteiger partial charge in [-0.3, -0.25) is 9.69 Å². The molecule has 12 heavy (non-hydrogen) atoms. The third kappa shape index (κ3) is 2.91. The van der Waals surface area contributed by atoms with Crippen LogP contribution in [0.3, 0.4) is 0 Å². The predicted molar refractivity (Wildman–Crippen MR) is 46.8 cm³/mol. The highest BCUT2D eigenvalue weighted by Crippen LogP contribution is 2.04. The number of rotatable bonds is 4. The lowest BCUT2D eigenvalue weighted by atomic mass is 10.2. The van der Waals surface area contributed by atoms with Crippen LogP contribution in [-0.4, -0.2) is 43.5 Å². The molecule has 0 aromatic heterocycles. The average Bonchev–Trinajstić information content (AvgIpc) is 2.15. The van der Waals surface area contributed by atoms with Gasteiger partial charge in [0.05, 0.1) is 6.61 Å². The van der Waals surface area contributed by atoms with E-state index in [0.29, 0.717) is 6.61 Å². The van der Waals surface area contributed by atoms with Gasteiger partial charge in [-0.25, -0.2) is 0 Å². The number of nitrogens with zero attached hydrogens (tertiary/aromatic N) is 1. The third-order valence-corrected chi connectivity index (χ3v) is 2.11. The van der Waals surface area contributed by atoms with Crippen molar-refractivity contribution >= 4 is 6.29 Å². The minimum Gasteiger partial charge on any atom is -0.367 e. The zero-order chi connectivity index (χ0) is 8.81. The molecular weight excluding hydrogens is 154 g/mol. The molecule has 3 heteroatoms. The van der Waals surface area contributed by atoms with Crippen LogP contribution in [0.4, 0.5) is 0 Å². The highest BCUT2D eigenvalue weighted by Gasteiger charge is 2.19. The number of carbonyl (C=O) groups excluding carboxylic acids is 1. The van der Waals surface area contributed by atoms with Crippen molar-refractivity contribution in [1.29, 1.82) is 0 Å². The molecule has 1 atom stereocenters. The van der Waals surface area contributed by atoms with E-state index in [9.17, 15) is 4.79 Å². The van der Waals surface area contributed by atoms with Gasteiger partial charge in [-0.1, -0.05) is 13.3 Å². The number of hydrogen-bond acceptors (Lipinski definition) is 3. The van der Waals surface area contributed by atoms with Crippen molar-refractivity contribution in [3.05, 3.63) is 0 Å². The second kappa shape index (κ2) is 5.27. The number of morpholine rings is 1. The molecular formula is C9H16NO2. The van der Waals surface area contributed by atoms with Crippen LogP contribution in [-0.2, 0) is 9.53 Å². The van der Waals surface area contributed by atoms with E-state index in [1.165, 1.54) is 12.8 Å². The van der Waals surface area contributed by atoms with Crippen LogP contribution in [0.15, 0.2) is 0 Å². The molecule has 1 aliphatic rings. The Morgan fingerprint density at radius 1 is 1.67 bits per heavy atom. The molecule has 1 radical (unpaired) electrons. The fourth-order valence-corrected chi connectivity index (χ4v) is 1.36. The zero-order valence-electron chi connectivity index (χ0n) is 7.58. The Morgan fingerprint density at radius 2 is 2.50 bits per heavy atom. The molecule has 0 spiro atoms. The molecule has 1 aliphatic heterocycles. The number of unbranched alkanes of at least 4 members (excludes halogenated alkanes) is 1. The maximum absolute atomic E-state index is 10.3. The lowest BCUT2D eigenvalue weighted by Crippen LogP contribution is -2.43. The zero-order valence-corrected chi connectivity index (χ0v) is 7.58. The van der Waals surface area contributed by atoms with Gasteiger partial charge in [0.15, 0.2) is 0 Å². The second-order valence-corrected chi connectivity index (χ2v) is 3.13. The van der Waals surface area contributed by atoms with E-state index in [1.807, 2.05) is 6.29 Å². The Morgan fingerprint density at radius 3 is 3.17 bits per heavy atom. The van der Waals surface area contributed by atoms with Crippen molar-refractivity contribution in [2.24, 2.45) is 0 Å². The van der Waals surface area contributed by atoms with Crippen molar-refractivity contribution in [2.75, 3.05) is 26.2 Å². The van der Waals surface area contributed by atoms with Gasteiger partial charge in [0.1, 0.15) is 6.10 Å². The molecule has 69 valence electrons. The summed E-state index contributed by atoms with van der Waals surface area (Å²) in [6, 6.07) is 0. The van der Waals surface area contributed by atoms with Crippen LogP contribution in [0.2, 0.25) is 0 Å². The van der Waals surface area contributed by atoms with Gasteiger partial charge in [0, 0.05) is 13.1 Å². The molecule has 0 N–H and O–H groups in total. The van der Waals surface area contributed by atoms with Crippen LogP contribution >= 0.6 is 0 Å². The van der Waals surface area contributed by atoms with Crippen molar-refractivity contribution in [1.82, 2.24) is 4.90 Å². The summed E-state index contributed by atoms with van der Waals surface area (Å²) in [5, 5.41) is 0. The molecule has 1 unspecified atom stereocenters. The van der Waals surface area contributed by atoms with Crippen molar-refractivity contribution in [3.63, 3.8) is 0 Å². The van der Waals surface area contributed by atoms with E-state index in [1.54, 1.807) is 0 Å². The number of ether oxygens (including phenoxy) is 1. The maximum Gasteiger partial charge on any atom is 0.231 e. The van der Waals surface area contributed by atoms with Crippen molar-refractivity contribution in [3.8, 4) is 0 Å². The summed E-state index contributed by atoms with van der Waals surface area (Å²) in [4.78, 5) is 12.6. The first-order valence-electron chi connectivity index (χ1n) is 4.58. The minimum atomic E-state index is -0.310. The molecule has 0 aromatic rings. The van der Waals surface area contributed by atoms with E-state index in [4.69, 9.17) is 4.74 Å². The Balaban J connectivity index is 2.20. The summed E-state index contributed by atoms with van der Waals surface area (Å²) in [7, 11) is 0. The maximum atomic E-state index is 10.3. The molecule has 0 aromatic carbocycles. The highest BCUT2D eigenvalue weighted by atomic mass is 16.5. The Bertz CT molecular complexity index is 138. The molecule has 0 aliphatic carbocycles. The first-order valence-corrected chi connectivity index (χ1v) is 4.58. The van der Waals surface area contributed by atoms with E-state index in [2.05, 4.69) is 11.8 Å². The van der Waals surface area contributed by atoms with Crippen molar-refractivity contribution in [2.45, 2.75) is 25.9 Å². The second-order valence-electron chi connectivity index (χ2n) is 3.13. The van der Waals surface area contributed by atoms with Crippen LogP contribution in [0.1, 0.15) is 19.8 Å². The average molecular weight is 170 g/mol. The van der Waals surface area contributed by atoms with Gasteiger partial charge in [0.25, 0.3) is 0 Å². The van der Waals surface area contributed by atoms with Gasteiger partial charge >= 0.3 is 0 Å². The standard InChI is InChI=1S/C9H16NO2/c1-2-3-4-10-5-6-12-9(7-10)8-11/h9H,2-7H2,1H3. The molecule has 1 fully saturated rings. The summed E-state index contributed by atoms with van der Waals surface area (Å²) >= 11 is 0. The fourth-order valence-electron chi connectivity index (χ4n) is 1.36.